The summed E-state index contributed by atoms with van der Waals surface area (Å²) in [4.78, 5) is 4.13. The van der Waals surface area contributed by atoms with Crippen LogP contribution in [0.4, 0.5) is 0 Å². The summed E-state index contributed by atoms with van der Waals surface area (Å²) in [6.45, 7) is 0.357. The van der Waals surface area contributed by atoms with E-state index in [4.69, 9.17) is 9.26 Å². The molecule has 0 N–H and O–H groups in total. The Hall–Kier alpha value is -1.46. The van der Waals surface area contributed by atoms with Crippen LogP contribution in [0.2, 0.25) is 0 Å². The topological polar surface area (TPSA) is 48.2 Å². The highest BCUT2D eigenvalue weighted by Crippen LogP contribution is 2.12. The SMILES string of the molecule is COCc1noc(/C=C/c2ccc(Br)cc2)n1. The van der Waals surface area contributed by atoms with E-state index in [1.165, 1.54) is 0 Å². The van der Waals surface area contributed by atoms with Gasteiger partial charge in [0.15, 0.2) is 5.82 Å². The molecule has 0 aliphatic rings. The van der Waals surface area contributed by atoms with Gasteiger partial charge in [0.2, 0.25) is 0 Å². The van der Waals surface area contributed by atoms with E-state index < -0.39 is 0 Å². The second-order valence-electron chi connectivity index (χ2n) is 3.37. The first-order valence-electron chi connectivity index (χ1n) is 5.03. The van der Waals surface area contributed by atoms with Gasteiger partial charge in [0.1, 0.15) is 6.61 Å². The first kappa shape index (κ1) is 12.0. The molecule has 0 spiro atoms. The smallest absolute Gasteiger partial charge is 0.250 e. The Morgan fingerprint density at radius 2 is 2.06 bits per heavy atom. The number of nitrogens with zero attached hydrogens (tertiary/aromatic N) is 2. The molecule has 5 heteroatoms. The van der Waals surface area contributed by atoms with Crippen molar-refractivity contribution in [3.8, 4) is 0 Å². The minimum absolute atomic E-state index is 0.357. The molecular formula is C12H11BrN2O2. The van der Waals surface area contributed by atoms with Gasteiger partial charge in [-0.2, -0.15) is 4.98 Å². The number of methoxy groups -OCH3 is 1. The number of hydrogen-bond acceptors (Lipinski definition) is 4. The van der Waals surface area contributed by atoms with Gasteiger partial charge in [-0.15, -0.1) is 0 Å². The third-order valence-electron chi connectivity index (χ3n) is 2.05. The molecule has 0 fully saturated rings. The zero-order valence-electron chi connectivity index (χ0n) is 9.26. The minimum Gasteiger partial charge on any atom is -0.377 e. The van der Waals surface area contributed by atoms with Crippen LogP contribution in [0.25, 0.3) is 12.2 Å². The molecule has 0 saturated heterocycles. The van der Waals surface area contributed by atoms with E-state index in [1.54, 1.807) is 13.2 Å². The summed E-state index contributed by atoms with van der Waals surface area (Å²) in [6, 6.07) is 7.94. The zero-order chi connectivity index (χ0) is 12.1. The van der Waals surface area contributed by atoms with Gasteiger partial charge < -0.3 is 9.26 Å². The summed E-state index contributed by atoms with van der Waals surface area (Å²) in [5.74, 6) is 1.02. The van der Waals surface area contributed by atoms with Gasteiger partial charge in [-0.1, -0.05) is 33.2 Å². The molecule has 17 heavy (non-hydrogen) atoms. The average molecular weight is 295 g/mol. The van der Waals surface area contributed by atoms with Gasteiger partial charge in [0.05, 0.1) is 0 Å². The lowest BCUT2D eigenvalue weighted by atomic mass is 10.2. The summed E-state index contributed by atoms with van der Waals surface area (Å²) in [6.07, 6.45) is 3.69. The van der Waals surface area contributed by atoms with Crippen LogP contribution in [0, 0.1) is 0 Å². The van der Waals surface area contributed by atoms with Crippen molar-refractivity contribution in [1.29, 1.82) is 0 Å². The third-order valence-corrected chi connectivity index (χ3v) is 2.57. The van der Waals surface area contributed by atoms with Crippen LogP contribution in [-0.2, 0) is 11.3 Å². The maximum Gasteiger partial charge on any atom is 0.250 e. The summed E-state index contributed by atoms with van der Waals surface area (Å²) in [5, 5.41) is 3.76. The second-order valence-corrected chi connectivity index (χ2v) is 4.28. The summed E-state index contributed by atoms with van der Waals surface area (Å²) in [7, 11) is 1.59. The molecule has 88 valence electrons. The molecule has 1 heterocycles. The van der Waals surface area contributed by atoms with Crippen LogP contribution < -0.4 is 0 Å². The molecule has 0 atom stereocenters. The van der Waals surface area contributed by atoms with Crippen molar-refractivity contribution in [3.63, 3.8) is 0 Å². The fourth-order valence-corrected chi connectivity index (χ4v) is 1.53. The van der Waals surface area contributed by atoms with Gasteiger partial charge in [0.25, 0.3) is 5.89 Å². The Labute approximate surface area is 107 Å². The molecule has 0 unspecified atom stereocenters. The lowest BCUT2D eigenvalue weighted by molar-refractivity contribution is 0.174. The van der Waals surface area contributed by atoms with Crippen molar-refractivity contribution >= 4 is 28.1 Å². The number of rotatable bonds is 4. The summed E-state index contributed by atoms with van der Waals surface area (Å²) >= 11 is 3.38. The van der Waals surface area contributed by atoms with Crippen molar-refractivity contribution in [2.75, 3.05) is 7.11 Å². The predicted molar refractivity (Wildman–Crippen MR) is 68.1 cm³/mol. The number of aromatic nitrogens is 2. The van der Waals surface area contributed by atoms with E-state index in [-0.39, 0.29) is 0 Å². The van der Waals surface area contributed by atoms with E-state index in [0.29, 0.717) is 18.3 Å². The molecule has 4 nitrogen and oxygen atoms in total. The average Bonchev–Trinajstić information content (AvgIpc) is 2.77. The summed E-state index contributed by atoms with van der Waals surface area (Å²) < 4.78 is 11.0. The third kappa shape index (κ3) is 3.51. The Bertz CT molecular complexity index is 505. The van der Waals surface area contributed by atoms with Crippen LogP contribution in [0.1, 0.15) is 17.3 Å². The number of ether oxygens (including phenoxy) is 1. The number of halogens is 1. The van der Waals surface area contributed by atoms with Crippen LogP contribution >= 0.6 is 15.9 Å². The Kier molecular flexibility index (Phi) is 4.06. The highest BCUT2D eigenvalue weighted by molar-refractivity contribution is 9.10. The molecule has 2 rings (SSSR count). The fourth-order valence-electron chi connectivity index (χ4n) is 1.26. The van der Waals surface area contributed by atoms with E-state index in [1.807, 2.05) is 30.3 Å². The second kappa shape index (κ2) is 5.75. The largest absolute Gasteiger partial charge is 0.377 e. The molecular weight excluding hydrogens is 284 g/mol. The Balaban J connectivity index is 2.06. The van der Waals surface area contributed by atoms with Gasteiger partial charge in [0, 0.05) is 17.7 Å². The normalized spacial score (nSPS) is 11.2. The van der Waals surface area contributed by atoms with Gasteiger partial charge >= 0.3 is 0 Å². The Morgan fingerprint density at radius 1 is 1.29 bits per heavy atom. The van der Waals surface area contributed by atoms with Crippen LogP contribution in [0.15, 0.2) is 33.3 Å². The molecule has 0 aliphatic heterocycles. The fraction of sp³-hybridized carbons (Fsp3) is 0.167. The molecule has 1 aromatic heterocycles. The van der Waals surface area contributed by atoms with Crippen molar-refractivity contribution in [2.24, 2.45) is 0 Å². The molecule has 1 aromatic carbocycles. The van der Waals surface area contributed by atoms with Crippen LogP contribution in [0.5, 0.6) is 0 Å². The van der Waals surface area contributed by atoms with Crippen molar-refractivity contribution in [1.82, 2.24) is 10.1 Å². The van der Waals surface area contributed by atoms with Crippen molar-refractivity contribution < 1.29 is 9.26 Å². The standard InChI is InChI=1S/C12H11BrN2O2/c1-16-8-11-14-12(17-15-11)7-4-9-2-5-10(13)6-3-9/h2-7H,8H2,1H3/b7-4+. The lowest BCUT2D eigenvalue weighted by Crippen LogP contribution is -1.88. The summed E-state index contributed by atoms with van der Waals surface area (Å²) in [5.41, 5.74) is 1.07. The van der Waals surface area contributed by atoms with E-state index in [9.17, 15) is 0 Å². The highest BCUT2D eigenvalue weighted by atomic mass is 79.9. The first-order valence-corrected chi connectivity index (χ1v) is 5.82. The minimum atomic E-state index is 0.357. The molecule has 0 saturated carbocycles. The van der Waals surface area contributed by atoms with Crippen molar-refractivity contribution in [3.05, 3.63) is 46.0 Å². The number of benzene rings is 1. The Morgan fingerprint density at radius 3 is 2.76 bits per heavy atom. The maximum absolute atomic E-state index is 5.03. The van der Waals surface area contributed by atoms with Gasteiger partial charge in [-0.25, -0.2) is 0 Å². The quantitative estimate of drug-likeness (QED) is 0.869. The zero-order valence-corrected chi connectivity index (χ0v) is 10.8. The number of hydrogen-bond donors (Lipinski definition) is 0. The van der Waals surface area contributed by atoms with E-state index in [0.717, 1.165) is 10.0 Å². The molecule has 0 amide bonds. The van der Waals surface area contributed by atoms with Crippen LogP contribution in [0.3, 0.4) is 0 Å². The molecule has 2 aromatic rings. The van der Waals surface area contributed by atoms with E-state index in [2.05, 4.69) is 26.1 Å². The van der Waals surface area contributed by atoms with Gasteiger partial charge in [-0.05, 0) is 23.8 Å². The molecule has 0 bridgehead atoms. The lowest BCUT2D eigenvalue weighted by Gasteiger charge is -1.92. The van der Waals surface area contributed by atoms with E-state index >= 15 is 0 Å². The first-order chi connectivity index (χ1) is 8.28. The predicted octanol–water partition coefficient (Wildman–Crippen LogP) is 3.15. The van der Waals surface area contributed by atoms with Crippen LogP contribution in [-0.4, -0.2) is 17.3 Å². The molecule has 0 radical (unpaired) electrons. The monoisotopic (exact) mass is 294 g/mol. The maximum atomic E-state index is 5.03. The van der Waals surface area contributed by atoms with Crippen molar-refractivity contribution in [2.45, 2.75) is 6.61 Å². The molecule has 0 aliphatic carbocycles. The van der Waals surface area contributed by atoms with Gasteiger partial charge in [-0.3, -0.25) is 0 Å². The highest BCUT2D eigenvalue weighted by Gasteiger charge is 2.01.